The zero-order chi connectivity index (χ0) is 21.4. The Balaban J connectivity index is 1.89. The fourth-order valence-corrected chi connectivity index (χ4v) is 3.71. The van der Waals surface area contributed by atoms with E-state index in [0.29, 0.717) is 12.1 Å². The monoisotopic (exact) mass is 417 g/mol. The molecule has 6 nitrogen and oxygen atoms in total. The highest BCUT2D eigenvalue weighted by atomic mass is 32.2. The van der Waals surface area contributed by atoms with Gasteiger partial charge in [-0.3, -0.25) is 4.79 Å². The maximum Gasteiger partial charge on any atom is 0.338 e. The van der Waals surface area contributed by atoms with E-state index >= 15 is 0 Å². The van der Waals surface area contributed by atoms with Crippen LogP contribution in [-0.2, 0) is 25.1 Å². The topological polar surface area (TPSA) is 89.5 Å². The molecule has 1 N–H and O–H groups in total. The predicted octanol–water partition coefficient (Wildman–Crippen LogP) is 3.09. The number of hydrogen-bond donors (Lipinski definition) is 1. The molecule has 0 radical (unpaired) electrons. The third-order valence-electron chi connectivity index (χ3n) is 4.56. The van der Waals surface area contributed by atoms with E-state index < -0.39 is 21.9 Å². The first-order valence-corrected chi connectivity index (χ1v) is 11.6. The van der Waals surface area contributed by atoms with Gasteiger partial charge in [0.25, 0.3) is 5.91 Å². The van der Waals surface area contributed by atoms with Gasteiger partial charge in [0.15, 0.2) is 15.9 Å². The first-order chi connectivity index (χ1) is 13.7. The smallest absolute Gasteiger partial charge is 0.338 e. The molecule has 0 heterocycles. The van der Waals surface area contributed by atoms with E-state index in [4.69, 9.17) is 4.74 Å². The molecule has 156 valence electrons. The van der Waals surface area contributed by atoms with Crippen molar-refractivity contribution in [1.82, 2.24) is 5.32 Å². The summed E-state index contributed by atoms with van der Waals surface area (Å²) in [5.41, 5.74) is 1.99. The van der Waals surface area contributed by atoms with Crippen molar-refractivity contribution in [2.45, 2.75) is 38.0 Å². The summed E-state index contributed by atoms with van der Waals surface area (Å²) >= 11 is 0. The van der Waals surface area contributed by atoms with Gasteiger partial charge in [0, 0.05) is 18.7 Å². The summed E-state index contributed by atoms with van der Waals surface area (Å²) in [6.45, 7) is 4.04. The second-order valence-corrected chi connectivity index (χ2v) is 9.22. The summed E-state index contributed by atoms with van der Waals surface area (Å²) in [4.78, 5) is 24.6. The lowest BCUT2D eigenvalue weighted by Gasteiger charge is -2.18. The van der Waals surface area contributed by atoms with E-state index in [1.54, 1.807) is 12.1 Å². The fraction of sp³-hybridized carbons (Fsp3) is 0.364. The molecule has 1 amide bonds. The standard InChI is InChI=1S/C22H27NO5S/c1-4-18(19-8-6-5-7-9-19)14-23-21(24)16(2)28-22(25)20-12-10-17(11-13-20)15-29(3,26)27/h5-13,16,18H,4,14-15H2,1-3H3,(H,23,24)/t16-,18+/m0/s1. The fourth-order valence-electron chi connectivity index (χ4n) is 2.91. The summed E-state index contributed by atoms with van der Waals surface area (Å²) in [6.07, 6.45) is 1.08. The van der Waals surface area contributed by atoms with E-state index in [1.807, 2.05) is 30.3 Å². The van der Waals surface area contributed by atoms with Gasteiger partial charge in [-0.1, -0.05) is 49.4 Å². The minimum Gasteiger partial charge on any atom is -0.449 e. The molecule has 0 aromatic heterocycles. The van der Waals surface area contributed by atoms with Crippen molar-refractivity contribution in [3.05, 3.63) is 71.3 Å². The van der Waals surface area contributed by atoms with Crippen molar-refractivity contribution < 1.29 is 22.7 Å². The molecule has 0 aliphatic carbocycles. The number of nitrogens with one attached hydrogen (secondary N) is 1. The summed E-state index contributed by atoms with van der Waals surface area (Å²) in [6, 6.07) is 16.0. The van der Waals surface area contributed by atoms with Gasteiger partial charge in [-0.2, -0.15) is 0 Å². The second-order valence-electron chi connectivity index (χ2n) is 7.08. The molecule has 0 unspecified atom stereocenters. The van der Waals surface area contributed by atoms with Crippen LogP contribution in [0.1, 0.15) is 47.7 Å². The van der Waals surface area contributed by atoms with Crippen LogP contribution in [0.5, 0.6) is 0 Å². The molecule has 2 atom stereocenters. The van der Waals surface area contributed by atoms with Gasteiger partial charge in [-0.25, -0.2) is 13.2 Å². The Labute approximate surface area is 172 Å². The molecule has 2 aromatic carbocycles. The van der Waals surface area contributed by atoms with Crippen molar-refractivity contribution in [2.24, 2.45) is 0 Å². The van der Waals surface area contributed by atoms with Crippen LogP contribution in [-0.4, -0.2) is 39.2 Å². The largest absolute Gasteiger partial charge is 0.449 e. The molecular weight excluding hydrogens is 390 g/mol. The van der Waals surface area contributed by atoms with Gasteiger partial charge >= 0.3 is 5.97 Å². The zero-order valence-corrected chi connectivity index (χ0v) is 17.7. The normalized spacial score (nSPS) is 13.3. The summed E-state index contributed by atoms with van der Waals surface area (Å²) in [5.74, 6) is -0.901. The molecule has 0 aliphatic heterocycles. The van der Waals surface area contributed by atoms with Gasteiger partial charge in [0.2, 0.25) is 0 Å². The lowest BCUT2D eigenvalue weighted by Crippen LogP contribution is -2.38. The number of carbonyl (C=O) groups is 2. The summed E-state index contributed by atoms with van der Waals surface area (Å²) in [5, 5.41) is 2.84. The van der Waals surface area contributed by atoms with E-state index in [1.165, 1.54) is 19.1 Å². The van der Waals surface area contributed by atoms with Crippen molar-refractivity contribution in [1.29, 1.82) is 0 Å². The SMILES string of the molecule is CC[C@H](CNC(=O)[C@H](C)OC(=O)c1ccc(CS(C)(=O)=O)cc1)c1ccccc1. The molecule has 2 aromatic rings. The van der Waals surface area contributed by atoms with Crippen LogP contribution >= 0.6 is 0 Å². The molecule has 0 fully saturated rings. The summed E-state index contributed by atoms with van der Waals surface area (Å²) < 4.78 is 27.9. The number of carbonyl (C=O) groups excluding carboxylic acids is 2. The number of benzene rings is 2. The molecule has 0 saturated heterocycles. The maximum absolute atomic E-state index is 12.3. The van der Waals surface area contributed by atoms with Crippen LogP contribution in [0.4, 0.5) is 0 Å². The number of hydrogen-bond acceptors (Lipinski definition) is 5. The molecule has 0 saturated carbocycles. The van der Waals surface area contributed by atoms with Gasteiger partial charge in [-0.05, 0) is 36.6 Å². The molecule has 0 spiro atoms. The highest BCUT2D eigenvalue weighted by molar-refractivity contribution is 7.89. The Hall–Kier alpha value is -2.67. The lowest BCUT2D eigenvalue weighted by molar-refractivity contribution is -0.129. The number of rotatable bonds is 9. The quantitative estimate of drug-likeness (QED) is 0.633. The van der Waals surface area contributed by atoms with Gasteiger partial charge in [0.05, 0.1) is 11.3 Å². The highest BCUT2D eigenvalue weighted by Crippen LogP contribution is 2.18. The predicted molar refractivity (Wildman–Crippen MR) is 112 cm³/mol. The first-order valence-electron chi connectivity index (χ1n) is 9.50. The minimum atomic E-state index is -3.15. The van der Waals surface area contributed by atoms with Crippen molar-refractivity contribution >= 4 is 21.7 Å². The van der Waals surface area contributed by atoms with Crippen LogP contribution in [0.2, 0.25) is 0 Å². The molecule has 0 aliphatic rings. The first kappa shape index (κ1) is 22.6. The molecule has 29 heavy (non-hydrogen) atoms. The van der Waals surface area contributed by atoms with Crippen LogP contribution in [0.3, 0.4) is 0 Å². The van der Waals surface area contributed by atoms with Crippen LogP contribution < -0.4 is 5.32 Å². The zero-order valence-electron chi connectivity index (χ0n) is 16.9. The van der Waals surface area contributed by atoms with Crippen LogP contribution in [0.15, 0.2) is 54.6 Å². The molecule has 2 rings (SSSR count). The Morgan fingerprint density at radius 2 is 1.66 bits per heavy atom. The molecule has 0 bridgehead atoms. The summed E-state index contributed by atoms with van der Waals surface area (Å²) in [7, 11) is -3.15. The van der Waals surface area contributed by atoms with E-state index in [9.17, 15) is 18.0 Å². The van der Waals surface area contributed by atoms with Crippen molar-refractivity contribution in [3.8, 4) is 0 Å². The van der Waals surface area contributed by atoms with E-state index in [2.05, 4.69) is 12.2 Å². The van der Waals surface area contributed by atoms with Crippen molar-refractivity contribution in [3.63, 3.8) is 0 Å². The van der Waals surface area contributed by atoms with Crippen molar-refractivity contribution in [2.75, 3.05) is 12.8 Å². The Kier molecular flexibility index (Phi) is 7.96. The van der Waals surface area contributed by atoms with Crippen LogP contribution in [0.25, 0.3) is 0 Å². The average Bonchev–Trinajstić information content (AvgIpc) is 2.68. The third kappa shape index (κ3) is 7.34. The number of amides is 1. The Morgan fingerprint density at radius 3 is 2.21 bits per heavy atom. The highest BCUT2D eigenvalue weighted by Gasteiger charge is 2.20. The molecular formula is C22H27NO5S. The van der Waals surface area contributed by atoms with E-state index in [-0.39, 0.29) is 23.1 Å². The number of esters is 1. The van der Waals surface area contributed by atoms with Gasteiger partial charge in [-0.15, -0.1) is 0 Å². The number of ether oxygens (including phenoxy) is 1. The van der Waals surface area contributed by atoms with Crippen LogP contribution in [0, 0.1) is 0 Å². The van der Waals surface area contributed by atoms with E-state index in [0.717, 1.165) is 18.2 Å². The third-order valence-corrected chi connectivity index (χ3v) is 5.42. The minimum absolute atomic E-state index is 0.0961. The maximum atomic E-state index is 12.3. The lowest BCUT2D eigenvalue weighted by atomic mass is 9.96. The Morgan fingerprint density at radius 1 is 1.03 bits per heavy atom. The Bertz CT molecular complexity index is 923. The molecule has 7 heteroatoms. The van der Waals surface area contributed by atoms with Gasteiger partial charge in [0.1, 0.15) is 0 Å². The average molecular weight is 418 g/mol. The number of sulfone groups is 1. The second kappa shape index (κ2) is 10.2. The van der Waals surface area contributed by atoms with Gasteiger partial charge < -0.3 is 10.1 Å².